The van der Waals surface area contributed by atoms with E-state index < -0.39 is 12.0 Å². The van der Waals surface area contributed by atoms with Crippen LogP contribution in [0, 0.1) is 5.92 Å². The zero-order chi connectivity index (χ0) is 18.9. The van der Waals surface area contributed by atoms with E-state index in [4.69, 9.17) is 4.74 Å². The number of ether oxygens (including phenoxy) is 1. The molecule has 4 heteroatoms. The molecule has 136 valence electrons. The van der Waals surface area contributed by atoms with Crippen molar-refractivity contribution in [3.63, 3.8) is 0 Å². The molecule has 0 bridgehead atoms. The fraction of sp³-hybridized carbons (Fsp3) is 0.273. The molecule has 1 amide bonds. The van der Waals surface area contributed by atoms with Crippen LogP contribution in [0.2, 0.25) is 0 Å². The summed E-state index contributed by atoms with van der Waals surface area (Å²) in [4.78, 5) is 25.0. The SMILES string of the molecule is COC(=O)C(CC(C)C)NC(=O)C(=Cc1ccccc1)c1ccccc1. The molecule has 0 aliphatic rings. The second-order valence-corrected chi connectivity index (χ2v) is 6.51. The van der Waals surface area contributed by atoms with Gasteiger partial charge in [0.05, 0.1) is 7.11 Å². The van der Waals surface area contributed by atoms with E-state index in [1.807, 2.05) is 80.6 Å². The van der Waals surface area contributed by atoms with E-state index in [0.29, 0.717) is 12.0 Å². The van der Waals surface area contributed by atoms with Gasteiger partial charge in [-0.2, -0.15) is 0 Å². The average molecular weight is 351 g/mol. The summed E-state index contributed by atoms with van der Waals surface area (Å²) < 4.78 is 4.84. The molecule has 2 aromatic rings. The second-order valence-electron chi connectivity index (χ2n) is 6.51. The molecule has 1 atom stereocenters. The van der Waals surface area contributed by atoms with Gasteiger partial charge in [0, 0.05) is 5.57 Å². The average Bonchev–Trinajstić information content (AvgIpc) is 2.66. The third kappa shape index (κ3) is 5.59. The maximum atomic E-state index is 13.0. The van der Waals surface area contributed by atoms with Gasteiger partial charge in [0.2, 0.25) is 0 Å². The van der Waals surface area contributed by atoms with Crippen molar-refractivity contribution in [3.05, 3.63) is 71.8 Å². The molecule has 0 spiro atoms. The van der Waals surface area contributed by atoms with E-state index in [1.165, 1.54) is 7.11 Å². The maximum Gasteiger partial charge on any atom is 0.328 e. The fourth-order valence-electron chi connectivity index (χ4n) is 2.68. The lowest BCUT2D eigenvalue weighted by atomic mass is 10.00. The number of carbonyl (C=O) groups excluding carboxylic acids is 2. The minimum Gasteiger partial charge on any atom is -0.467 e. The number of esters is 1. The fourth-order valence-corrected chi connectivity index (χ4v) is 2.68. The highest BCUT2D eigenvalue weighted by Gasteiger charge is 2.24. The molecule has 2 rings (SSSR count). The molecule has 1 N–H and O–H groups in total. The minimum absolute atomic E-state index is 0.248. The molecule has 0 saturated carbocycles. The largest absolute Gasteiger partial charge is 0.467 e. The van der Waals surface area contributed by atoms with Crippen molar-refractivity contribution >= 4 is 23.5 Å². The van der Waals surface area contributed by atoms with Gasteiger partial charge in [0.15, 0.2) is 0 Å². The van der Waals surface area contributed by atoms with Gasteiger partial charge < -0.3 is 10.1 Å². The van der Waals surface area contributed by atoms with Crippen LogP contribution >= 0.6 is 0 Å². The van der Waals surface area contributed by atoms with Crippen molar-refractivity contribution < 1.29 is 14.3 Å². The molecule has 26 heavy (non-hydrogen) atoms. The molecule has 0 heterocycles. The van der Waals surface area contributed by atoms with E-state index >= 15 is 0 Å². The Morgan fingerprint density at radius 3 is 2.12 bits per heavy atom. The third-order valence-corrected chi connectivity index (χ3v) is 3.94. The van der Waals surface area contributed by atoms with Gasteiger partial charge in [-0.1, -0.05) is 74.5 Å². The zero-order valence-electron chi connectivity index (χ0n) is 15.4. The van der Waals surface area contributed by atoms with Crippen LogP contribution in [0.1, 0.15) is 31.4 Å². The number of hydrogen-bond acceptors (Lipinski definition) is 3. The number of hydrogen-bond donors (Lipinski definition) is 1. The summed E-state index contributed by atoms with van der Waals surface area (Å²) in [6.07, 6.45) is 2.35. The summed E-state index contributed by atoms with van der Waals surface area (Å²) in [5.41, 5.74) is 2.22. The minimum atomic E-state index is -0.671. The Morgan fingerprint density at radius 2 is 1.58 bits per heavy atom. The molecule has 0 saturated heterocycles. The van der Waals surface area contributed by atoms with Crippen LogP contribution in [0.5, 0.6) is 0 Å². The quantitative estimate of drug-likeness (QED) is 0.467. The predicted molar refractivity (Wildman–Crippen MR) is 104 cm³/mol. The molecule has 0 fully saturated rings. The van der Waals surface area contributed by atoms with Crippen LogP contribution in [0.4, 0.5) is 0 Å². The Kier molecular flexibility index (Phi) is 7.15. The number of benzene rings is 2. The van der Waals surface area contributed by atoms with Crippen molar-refractivity contribution in [1.82, 2.24) is 5.32 Å². The van der Waals surface area contributed by atoms with Gasteiger partial charge >= 0.3 is 5.97 Å². The highest BCUT2D eigenvalue weighted by molar-refractivity contribution is 6.24. The first-order chi connectivity index (χ1) is 12.5. The summed E-state index contributed by atoms with van der Waals surface area (Å²) in [7, 11) is 1.33. The Balaban J connectivity index is 2.34. The first kappa shape index (κ1) is 19.4. The maximum absolute atomic E-state index is 13.0. The lowest BCUT2D eigenvalue weighted by molar-refractivity contribution is -0.145. The van der Waals surface area contributed by atoms with E-state index in [-0.39, 0.29) is 11.8 Å². The topological polar surface area (TPSA) is 55.4 Å². The number of rotatable bonds is 7. The molecule has 0 aliphatic carbocycles. The lowest BCUT2D eigenvalue weighted by Crippen LogP contribution is -2.42. The van der Waals surface area contributed by atoms with Crippen LogP contribution in [-0.2, 0) is 14.3 Å². The second kappa shape index (κ2) is 9.56. The number of nitrogens with one attached hydrogen (secondary N) is 1. The molecule has 1 unspecified atom stereocenters. The molecular weight excluding hydrogens is 326 g/mol. The van der Waals surface area contributed by atoms with Gasteiger partial charge in [-0.3, -0.25) is 4.79 Å². The summed E-state index contributed by atoms with van der Waals surface area (Å²) in [6.45, 7) is 4.00. The van der Waals surface area contributed by atoms with Crippen molar-refractivity contribution in [2.75, 3.05) is 7.11 Å². The molecule has 4 nitrogen and oxygen atoms in total. The third-order valence-electron chi connectivity index (χ3n) is 3.94. The van der Waals surface area contributed by atoms with E-state index in [2.05, 4.69) is 5.32 Å². The Hall–Kier alpha value is -2.88. The van der Waals surface area contributed by atoms with E-state index in [1.54, 1.807) is 0 Å². The van der Waals surface area contributed by atoms with Crippen molar-refractivity contribution in [1.29, 1.82) is 0 Å². The molecule has 0 radical (unpaired) electrons. The van der Waals surface area contributed by atoms with Crippen molar-refractivity contribution in [2.45, 2.75) is 26.3 Å². The number of amides is 1. The van der Waals surface area contributed by atoms with Gasteiger partial charge in [0.25, 0.3) is 5.91 Å². The Labute approximate surface area is 154 Å². The lowest BCUT2D eigenvalue weighted by Gasteiger charge is -2.19. The van der Waals surface area contributed by atoms with Crippen molar-refractivity contribution in [2.24, 2.45) is 5.92 Å². The summed E-state index contributed by atoms with van der Waals surface area (Å²) >= 11 is 0. The van der Waals surface area contributed by atoms with Gasteiger partial charge in [0.1, 0.15) is 6.04 Å². The standard InChI is InChI=1S/C22H25NO3/c1-16(2)14-20(22(25)26-3)23-21(24)19(18-12-8-5-9-13-18)15-17-10-6-4-7-11-17/h4-13,15-16,20H,14H2,1-3H3,(H,23,24). The monoisotopic (exact) mass is 351 g/mol. The number of methoxy groups -OCH3 is 1. The van der Waals surface area contributed by atoms with Crippen LogP contribution in [0.15, 0.2) is 60.7 Å². The smallest absolute Gasteiger partial charge is 0.328 e. The highest BCUT2D eigenvalue weighted by atomic mass is 16.5. The first-order valence-corrected chi connectivity index (χ1v) is 8.72. The van der Waals surface area contributed by atoms with Crippen LogP contribution in [0.3, 0.4) is 0 Å². The highest BCUT2D eigenvalue weighted by Crippen LogP contribution is 2.19. The van der Waals surface area contributed by atoms with Crippen LogP contribution < -0.4 is 5.32 Å². The molecule has 2 aromatic carbocycles. The zero-order valence-corrected chi connectivity index (χ0v) is 15.4. The molecule has 0 aliphatic heterocycles. The van der Waals surface area contributed by atoms with Crippen LogP contribution in [-0.4, -0.2) is 25.0 Å². The van der Waals surface area contributed by atoms with E-state index in [9.17, 15) is 9.59 Å². The van der Waals surface area contributed by atoms with Gasteiger partial charge in [-0.25, -0.2) is 4.79 Å². The summed E-state index contributed by atoms with van der Waals surface area (Å²) in [6, 6.07) is 18.4. The normalized spacial score (nSPS) is 12.5. The summed E-state index contributed by atoms with van der Waals surface area (Å²) in [5, 5.41) is 2.84. The van der Waals surface area contributed by atoms with Crippen molar-refractivity contribution in [3.8, 4) is 0 Å². The van der Waals surface area contributed by atoms with Gasteiger partial charge in [-0.15, -0.1) is 0 Å². The summed E-state index contributed by atoms with van der Waals surface area (Å²) in [5.74, 6) is -0.479. The first-order valence-electron chi connectivity index (χ1n) is 8.72. The Morgan fingerprint density at radius 1 is 1.00 bits per heavy atom. The predicted octanol–water partition coefficient (Wildman–Crippen LogP) is 3.93. The number of carbonyl (C=O) groups is 2. The molecule has 0 aromatic heterocycles. The van der Waals surface area contributed by atoms with Gasteiger partial charge in [-0.05, 0) is 29.5 Å². The van der Waals surface area contributed by atoms with E-state index in [0.717, 1.165) is 11.1 Å². The molecular formula is C22H25NO3. The van der Waals surface area contributed by atoms with Crippen LogP contribution in [0.25, 0.3) is 11.6 Å². The Bertz CT molecular complexity index is 751.